The van der Waals surface area contributed by atoms with Crippen LogP contribution in [0.5, 0.6) is 5.75 Å². The molecule has 3 N–H and O–H groups in total. The molecular formula is C44H64N6O7. The molecule has 2 aromatic rings. The second-order valence-corrected chi connectivity index (χ2v) is 17.2. The van der Waals surface area contributed by atoms with E-state index in [0.29, 0.717) is 37.8 Å². The van der Waals surface area contributed by atoms with Gasteiger partial charge >= 0.3 is 0 Å². The minimum atomic E-state index is -1.09. The number of hydrogen-bond donors (Lipinski definition) is 3. The van der Waals surface area contributed by atoms with Gasteiger partial charge in [0.15, 0.2) is 0 Å². The van der Waals surface area contributed by atoms with Crippen LogP contribution in [0.4, 0.5) is 0 Å². The number of likely N-dealkylation sites (N-methyl/N-ethyl adjacent to an activating group) is 3. The highest BCUT2D eigenvalue weighted by molar-refractivity contribution is 5.98. The van der Waals surface area contributed by atoms with Gasteiger partial charge in [0.05, 0.1) is 0 Å². The van der Waals surface area contributed by atoms with Crippen LogP contribution >= 0.6 is 0 Å². The Morgan fingerprint density at radius 2 is 1.04 bits per heavy atom. The molecule has 13 nitrogen and oxygen atoms in total. The Hall–Kier alpha value is -4.94. The van der Waals surface area contributed by atoms with Gasteiger partial charge < -0.3 is 35.3 Å². The van der Waals surface area contributed by atoms with Gasteiger partial charge in [-0.3, -0.25) is 28.8 Å². The monoisotopic (exact) mass is 788 g/mol. The second kappa shape index (κ2) is 20.0. The molecule has 312 valence electrons. The lowest BCUT2D eigenvalue weighted by atomic mass is 9.96. The van der Waals surface area contributed by atoms with Crippen LogP contribution in [0.3, 0.4) is 0 Å². The van der Waals surface area contributed by atoms with Gasteiger partial charge in [0.25, 0.3) is 0 Å². The predicted molar refractivity (Wildman–Crippen MR) is 219 cm³/mol. The zero-order valence-corrected chi connectivity index (χ0v) is 35.2. The summed E-state index contributed by atoms with van der Waals surface area (Å²) < 4.78 is 0. The third-order valence-corrected chi connectivity index (χ3v) is 11.1. The Balaban J connectivity index is 1.87. The number of nitrogens with one attached hydrogen (secondary N) is 2. The number of benzene rings is 2. The molecule has 0 radical (unpaired) electrons. The van der Waals surface area contributed by atoms with Crippen LogP contribution in [0.1, 0.15) is 84.8 Å². The number of rotatable bonds is 10. The minimum Gasteiger partial charge on any atom is -0.508 e. The van der Waals surface area contributed by atoms with Crippen molar-refractivity contribution in [3.05, 3.63) is 65.7 Å². The maximum atomic E-state index is 14.7. The number of carbonyl (C=O) groups is 6. The summed E-state index contributed by atoms with van der Waals surface area (Å²) in [5.74, 6) is -2.79. The molecule has 0 unspecified atom stereocenters. The quantitative estimate of drug-likeness (QED) is 0.331. The maximum Gasteiger partial charge on any atom is 0.245 e. The van der Waals surface area contributed by atoms with Gasteiger partial charge in [0, 0.05) is 40.5 Å². The van der Waals surface area contributed by atoms with Crippen molar-refractivity contribution in [1.29, 1.82) is 0 Å². The molecule has 6 amide bonds. The van der Waals surface area contributed by atoms with Gasteiger partial charge in [-0.05, 0) is 73.1 Å². The summed E-state index contributed by atoms with van der Waals surface area (Å²) in [4.78, 5) is 93.1. The summed E-state index contributed by atoms with van der Waals surface area (Å²) in [5, 5.41) is 15.9. The molecule has 4 rings (SSSR count). The molecule has 0 bridgehead atoms. The molecule has 13 heteroatoms. The fraction of sp³-hybridized carbons (Fsp3) is 0.591. The van der Waals surface area contributed by atoms with Crippen LogP contribution in [-0.4, -0.2) is 124 Å². The summed E-state index contributed by atoms with van der Waals surface area (Å²) >= 11 is 0. The molecule has 0 aliphatic carbocycles. The van der Waals surface area contributed by atoms with E-state index in [-0.39, 0.29) is 42.8 Å². The number of fused-ring (bicyclic) bond motifs is 1. The van der Waals surface area contributed by atoms with Crippen molar-refractivity contribution < 1.29 is 33.9 Å². The van der Waals surface area contributed by atoms with Gasteiger partial charge in [0.2, 0.25) is 35.4 Å². The summed E-state index contributed by atoms with van der Waals surface area (Å²) in [6.45, 7) is 12.0. The first-order chi connectivity index (χ1) is 26.9. The zero-order chi connectivity index (χ0) is 42.1. The molecule has 0 aromatic heterocycles. The number of hydrogen-bond acceptors (Lipinski definition) is 7. The fourth-order valence-corrected chi connectivity index (χ4v) is 7.96. The topological polar surface area (TPSA) is 160 Å². The lowest BCUT2D eigenvalue weighted by molar-refractivity contribution is -0.152. The lowest BCUT2D eigenvalue weighted by Gasteiger charge is -2.38. The van der Waals surface area contributed by atoms with Crippen molar-refractivity contribution in [2.45, 2.75) is 123 Å². The van der Waals surface area contributed by atoms with E-state index in [0.717, 1.165) is 5.56 Å². The molecule has 2 heterocycles. The minimum absolute atomic E-state index is 0.00396. The Morgan fingerprint density at radius 3 is 1.54 bits per heavy atom. The molecule has 2 aliphatic rings. The van der Waals surface area contributed by atoms with E-state index in [2.05, 4.69) is 10.6 Å². The normalized spacial score (nSPS) is 24.9. The maximum absolute atomic E-state index is 14.7. The van der Waals surface area contributed by atoms with E-state index >= 15 is 0 Å². The van der Waals surface area contributed by atoms with Gasteiger partial charge in [-0.25, -0.2) is 0 Å². The summed E-state index contributed by atoms with van der Waals surface area (Å²) in [6.07, 6.45) is 2.00. The Morgan fingerprint density at radius 1 is 0.579 bits per heavy atom. The first kappa shape index (κ1) is 44.8. The van der Waals surface area contributed by atoms with Crippen LogP contribution in [0.2, 0.25) is 0 Å². The molecular weight excluding hydrogens is 725 g/mol. The highest BCUT2D eigenvalue weighted by Gasteiger charge is 2.44. The molecule has 0 spiro atoms. The molecule has 2 saturated heterocycles. The highest BCUT2D eigenvalue weighted by atomic mass is 16.3. The summed E-state index contributed by atoms with van der Waals surface area (Å²) in [5.41, 5.74) is 1.49. The Kier molecular flexibility index (Phi) is 15.7. The van der Waals surface area contributed by atoms with Crippen molar-refractivity contribution in [1.82, 2.24) is 30.2 Å². The lowest BCUT2D eigenvalue weighted by Crippen LogP contribution is -2.62. The van der Waals surface area contributed by atoms with Gasteiger partial charge in [-0.15, -0.1) is 0 Å². The summed E-state index contributed by atoms with van der Waals surface area (Å²) in [7, 11) is 4.65. The smallest absolute Gasteiger partial charge is 0.245 e. The molecule has 6 atom stereocenters. The largest absolute Gasteiger partial charge is 0.508 e. The van der Waals surface area contributed by atoms with Crippen molar-refractivity contribution in [3.63, 3.8) is 0 Å². The van der Waals surface area contributed by atoms with Crippen LogP contribution in [0.15, 0.2) is 54.6 Å². The Labute approximate surface area is 338 Å². The number of nitrogens with zero attached hydrogens (tertiary/aromatic N) is 4. The van der Waals surface area contributed by atoms with E-state index < -0.39 is 71.7 Å². The Bertz CT molecular complexity index is 1710. The first-order valence-electron chi connectivity index (χ1n) is 20.4. The second-order valence-electron chi connectivity index (χ2n) is 17.2. The van der Waals surface area contributed by atoms with E-state index in [1.54, 1.807) is 26.2 Å². The molecule has 2 fully saturated rings. The first-order valence-corrected chi connectivity index (χ1v) is 20.4. The third-order valence-electron chi connectivity index (χ3n) is 11.1. The van der Waals surface area contributed by atoms with E-state index in [9.17, 15) is 33.9 Å². The average molecular weight is 789 g/mol. The van der Waals surface area contributed by atoms with Crippen LogP contribution in [-0.2, 0) is 41.6 Å². The molecule has 57 heavy (non-hydrogen) atoms. The third kappa shape index (κ3) is 11.6. The SMILES string of the molecule is CC(C)C[C@@H]1NC(=O)[C@H](Cc2ccc(O)cc2)N(C)C(=O)[C@H]2CCCN2C(=O)[C@H](CC(C)C)NC(=O)[C@H](Cc2ccccc2)N(C)C(=O)[C@@H](CC(C)C)N(C)C1=O. The van der Waals surface area contributed by atoms with E-state index in [1.807, 2.05) is 71.9 Å². The van der Waals surface area contributed by atoms with Crippen molar-refractivity contribution >= 4 is 35.4 Å². The van der Waals surface area contributed by atoms with Gasteiger partial charge in [-0.1, -0.05) is 84.0 Å². The van der Waals surface area contributed by atoms with Crippen LogP contribution in [0.25, 0.3) is 0 Å². The number of phenolic OH excluding ortho intramolecular Hbond substituents is 1. The summed E-state index contributed by atoms with van der Waals surface area (Å²) in [6, 6.07) is 9.67. The number of carbonyl (C=O) groups excluding carboxylic acids is 6. The van der Waals surface area contributed by atoms with Crippen molar-refractivity contribution in [3.8, 4) is 5.75 Å². The standard InChI is InChI=1S/C44H64N6O7/c1-27(2)22-33-41(54)49(9)38(24-29(5)6)44(57)48(8)36(25-30-14-11-10-12-15-30)40(53)46-34(23-28(3)4)42(55)50-21-13-16-35(50)43(56)47(7)37(39(52)45-33)26-31-17-19-32(51)20-18-31/h10-12,14-15,17-20,27-29,33-38,51H,13,16,21-26H2,1-9H3,(H,45,52)(H,46,53)/t33-,34-,35+,36-,37-,38+/m0/s1. The van der Waals surface area contributed by atoms with Crippen LogP contribution < -0.4 is 10.6 Å². The van der Waals surface area contributed by atoms with Crippen molar-refractivity contribution in [2.75, 3.05) is 27.7 Å². The average Bonchev–Trinajstić information content (AvgIpc) is 3.66. The van der Waals surface area contributed by atoms with Gasteiger partial charge in [-0.2, -0.15) is 0 Å². The molecule has 2 aliphatic heterocycles. The number of aromatic hydroxyl groups is 1. The fourth-order valence-electron chi connectivity index (χ4n) is 7.96. The number of phenols is 1. The van der Waals surface area contributed by atoms with Crippen LogP contribution in [0, 0.1) is 17.8 Å². The number of amides is 6. The molecule has 0 saturated carbocycles. The van der Waals surface area contributed by atoms with E-state index in [1.165, 1.54) is 38.8 Å². The van der Waals surface area contributed by atoms with Crippen molar-refractivity contribution in [2.24, 2.45) is 17.8 Å². The predicted octanol–water partition coefficient (Wildman–Crippen LogP) is 3.77. The highest BCUT2D eigenvalue weighted by Crippen LogP contribution is 2.25. The molecule has 2 aromatic carbocycles. The van der Waals surface area contributed by atoms with E-state index in [4.69, 9.17) is 0 Å². The van der Waals surface area contributed by atoms with Gasteiger partial charge in [0.1, 0.15) is 42.0 Å². The zero-order valence-electron chi connectivity index (χ0n) is 35.2.